The van der Waals surface area contributed by atoms with E-state index in [1.807, 2.05) is 40.0 Å². The lowest BCUT2D eigenvalue weighted by Crippen LogP contribution is -2.33. The molecule has 1 aromatic heterocycles. The number of carbonyl (C=O) groups excluding carboxylic acids is 1. The van der Waals surface area contributed by atoms with Gasteiger partial charge in [-0.15, -0.1) is 12.4 Å². The molecule has 1 aliphatic rings. The third kappa shape index (κ3) is 5.06. The Hall–Kier alpha value is -1.85. The van der Waals surface area contributed by atoms with Crippen LogP contribution >= 0.6 is 12.4 Å². The molecule has 1 fully saturated rings. The van der Waals surface area contributed by atoms with Gasteiger partial charge in [0.1, 0.15) is 5.69 Å². The van der Waals surface area contributed by atoms with E-state index >= 15 is 0 Å². The SMILES string of the molecule is CCCN(Cc1ccccc1)C(=O)c1ccn(C2CCCNC2)n1.Cl. The first-order valence-electron chi connectivity index (χ1n) is 8.87. The molecule has 25 heavy (non-hydrogen) atoms. The van der Waals surface area contributed by atoms with Crippen LogP contribution < -0.4 is 5.32 Å². The Labute approximate surface area is 155 Å². The molecule has 1 saturated heterocycles. The van der Waals surface area contributed by atoms with Gasteiger partial charge in [-0.05, 0) is 37.4 Å². The number of benzene rings is 1. The standard InChI is InChI=1S/C19H26N4O.ClH/c1-2-12-22(15-16-7-4-3-5-8-16)19(24)18-10-13-23(21-18)17-9-6-11-20-14-17;/h3-5,7-8,10,13,17,20H,2,6,9,11-12,14-15H2,1H3;1H. The van der Waals surface area contributed by atoms with Gasteiger partial charge in [-0.2, -0.15) is 5.10 Å². The highest BCUT2D eigenvalue weighted by Crippen LogP contribution is 2.17. The number of hydrogen-bond acceptors (Lipinski definition) is 3. The number of carbonyl (C=O) groups is 1. The molecular weight excluding hydrogens is 336 g/mol. The van der Waals surface area contributed by atoms with Gasteiger partial charge >= 0.3 is 0 Å². The molecule has 1 unspecified atom stereocenters. The van der Waals surface area contributed by atoms with E-state index in [-0.39, 0.29) is 18.3 Å². The lowest BCUT2D eigenvalue weighted by atomic mass is 10.1. The zero-order valence-electron chi connectivity index (χ0n) is 14.7. The summed E-state index contributed by atoms with van der Waals surface area (Å²) in [7, 11) is 0. The largest absolute Gasteiger partial charge is 0.333 e. The van der Waals surface area contributed by atoms with E-state index in [0.717, 1.165) is 44.5 Å². The van der Waals surface area contributed by atoms with E-state index in [1.54, 1.807) is 0 Å². The number of amides is 1. The van der Waals surface area contributed by atoms with E-state index in [9.17, 15) is 4.79 Å². The molecule has 2 heterocycles. The Bertz CT molecular complexity index is 652. The third-order valence-corrected chi connectivity index (χ3v) is 4.47. The summed E-state index contributed by atoms with van der Waals surface area (Å²) in [6, 6.07) is 12.3. The molecule has 1 atom stereocenters. The molecule has 0 saturated carbocycles. The predicted octanol–water partition coefficient (Wildman–Crippen LogP) is 3.28. The van der Waals surface area contributed by atoms with Crippen LogP contribution in [-0.4, -0.2) is 40.2 Å². The van der Waals surface area contributed by atoms with Crippen molar-refractivity contribution in [2.75, 3.05) is 19.6 Å². The summed E-state index contributed by atoms with van der Waals surface area (Å²) in [5, 5.41) is 7.96. The van der Waals surface area contributed by atoms with Gasteiger partial charge in [0.2, 0.25) is 0 Å². The summed E-state index contributed by atoms with van der Waals surface area (Å²) in [6.07, 6.45) is 5.15. The average molecular weight is 363 g/mol. The molecule has 3 rings (SSSR count). The number of nitrogens with one attached hydrogen (secondary N) is 1. The van der Waals surface area contributed by atoms with E-state index in [1.165, 1.54) is 0 Å². The molecule has 1 aromatic carbocycles. The second-order valence-electron chi connectivity index (χ2n) is 6.39. The average Bonchev–Trinajstić information content (AvgIpc) is 3.12. The highest BCUT2D eigenvalue weighted by molar-refractivity contribution is 5.92. The van der Waals surface area contributed by atoms with Gasteiger partial charge in [0.15, 0.2) is 0 Å². The molecule has 0 spiro atoms. The lowest BCUT2D eigenvalue weighted by Gasteiger charge is -2.23. The number of nitrogens with zero attached hydrogens (tertiary/aromatic N) is 3. The number of halogens is 1. The van der Waals surface area contributed by atoms with Crippen LogP contribution in [0, 0.1) is 0 Å². The van der Waals surface area contributed by atoms with Gasteiger partial charge in [-0.3, -0.25) is 9.48 Å². The summed E-state index contributed by atoms with van der Waals surface area (Å²) in [5.74, 6) is 0.0169. The van der Waals surface area contributed by atoms with Crippen LogP contribution in [0.15, 0.2) is 42.6 Å². The smallest absolute Gasteiger partial charge is 0.274 e. The highest BCUT2D eigenvalue weighted by atomic mass is 35.5. The fourth-order valence-corrected chi connectivity index (χ4v) is 3.20. The van der Waals surface area contributed by atoms with Crippen molar-refractivity contribution >= 4 is 18.3 Å². The fourth-order valence-electron chi connectivity index (χ4n) is 3.20. The van der Waals surface area contributed by atoms with Crippen molar-refractivity contribution in [3.8, 4) is 0 Å². The highest BCUT2D eigenvalue weighted by Gasteiger charge is 2.21. The van der Waals surface area contributed by atoms with E-state index in [4.69, 9.17) is 0 Å². The van der Waals surface area contributed by atoms with E-state index in [2.05, 4.69) is 29.5 Å². The Morgan fingerprint density at radius 1 is 1.32 bits per heavy atom. The van der Waals surface area contributed by atoms with E-state index < -0.39 is 0 Å². The van der Waals surface area contributed by atoms with Crippen LogP contribution in [0.2, 0.25) is 0 Å². The maximum absolute atomic E-state index is 12.9. The van der Waals surface area contributed by atoms with Crippen molar-refractivity contribution in [2.24, 2.45) is 0 Å². The molecule has 2 aromatic rings. The van der Waals surface area contributed by atoms with Crippen molar-refractivity contribution in [3.63, 3.8) is 0 Å². The number of rotatable bonds is 6. The molecular formula is C19H27ClN4O. The maximum atomic E-state index is 12.9. The molecule has 1 aliphatic heterocycles. The minimum atomic E-state index is 0. The first-order valence-corrected chi connectivity index (χ1v) is 8.87. The van der Waals surface area contributed by atoms with Crippen LogP contribution in [0.4, 0.5) is 0 Å². The Morgan fingerprint density at radius 2 is 2.12 bits per heavy atom. The van der Waals surface area contributed by atoms with Crippen molar-refractivity contribution in [2.45, 2.75) is 38.8 Å². The van der Waals surface area contributed by atoms with Crippen molar-refractivity contribution in [1.82, 2.24) is 20.0 Å². The predicted molar refractivity (Wildman–Crippen MR) is 102 cm³/mol. The summed E-state index contributed by atoms with van der Waals surface area (Å²) in [6.45, 7) is 5.47. The molecule has 0 radical (unpaired) electrons. The minimum absolute atomic E-state index is 0. The zero-order valence-corrected chi connectivity index (χ0v) is 15.5. The van der Waals surface area contributed by atoms with Crippen LogP contribution in [0.1, 0.15) is 48.3 Å². The quantitative estimate of drug-likeness (QED) is 0.857. The van der Waals surface area contributed by atoms with Gasteiger partial charge in [0.05, 0.1) is 6.04 Å². The normalized spacial score (nSPS) is 16.9. The van der Waals surface area contributed by atoms with Crippen LogP contribution in [0.5, 0.6) is 0 Å². The van der Waals surface area contributed by atoms with Crippen molar-refractivity contribution in [1.29, 1.82) is 0 Å². The second kappa shape index (κ2) is 9.59. The fraction of sp³-hybridized carbons (Fsp3) is 0.474. The van der Waals surface area contributed by atoms with Crippen molar-refractivity contribution in [3.05, 3.63) is 53.9 Å². The first-order chi connectivity index (χ1) is 11.8. The molecule has 0 bridgehead atoms. The van der Waals surface area contributed by atoms with Crippen LogP contribution in [0.25, 0.3) is 0 Å². The summed E-state index contributed by atoms with van der Waals surface area (Å²) >= 11 is 0. The Balaban J connectivity index is 0.00000225. The first kappa shape index (κ1) is 19.5. The number of hydrogen-bond donors (Lipinski definition) is 1. The monoisotopic (exact) mass is 362 g/mol. The lowest BCUT2D eigenvalue weighted by molar-refractivity contribution is 0.0735. The Kier molecular flexibility index (Phi) is 7.47. The summed E-state index contributed by atoms with van der Waals surface area (Å²) < 4.78 is 1.95. The topological polar surface area (TPSA) is 50.2 Å². The van der Waals surface area contributed by atoms with Gasteiger partial charge in [0, 0.05) is 25.8 Å². The molecule has 136 valence electrons. The maximum Gasteiger partial charge on any atom is 0.274 e. The van der Waals surface area contributed by atoms with Gasteiger partial charge in [-0.1, -0.05) is 37.3 Å². The van der Waals surface area contributed by atoms with Gasteiger partial charge in [0.25, 0.3) is 5.91 Å². The van der Waals surface area contributed by atoms with Gasteiger partial charge < -0.3 is 10.2 Å². The minimum Gasteiger partial charge on any atom is -0.333 e. The van der Waals surface area contributed by atoms with Crippen LogP contribution in [-0.2, 0) is 6.54 Å². The zero-order chi connectivity index (χ0) is 16.8. The van der Waals surface area contributed by atoms with E-state index in [0.29, 0.717) is 18.3 Å². The molecule has 6 heteroatoms. The number of aromatic nitrogens is 2. The molecule has 1 N–H and O–H groups in total. The summed E-state index contributed by atoms with van der Waals surface area (Å²) in [4.78, 5) is 14.8. The molecule has 0 aliphatic carbocycles. The van der Waals surface area contributed by atoms with Crippen LogP contribution in [0.3, 0.4) is 0 Å². The molecule has 1 amide bonds. The number of piperidine rings is 1. The summed E-state index contributed by atoms with van der Waals surface area (Å²) in [5.41, 5.74) is 1.69. The molecule has 5 nitrogen and oxygen atoms in total. The van der Waals surface area contributed by atoms with Crippen molar-refractivity contribution < 1.29 is 4.79 Å². The third-order valence-electron chi connectivity index (χ3n) is 4.47. The van der Waals surface area contributed by atoms with Gasteiger partial charge in [-0.25, -0.2) is 0 Å². The Morgan fingerprint density at radius 3 is 2.80 bits per heavy atom. The second-order valence-corrected chi connectivity index (χ2v) is 6.39.